The standard InChI is InChI=1S/C20H26N4O4/c1-27-16-5-6-17(28-2)20-14(16)9-23(10-15(20)26)18-8-19(22-12-21-18)24-7-3-4-13(24)11-25/h5-6,8,12-13,15,25-26H,3-4,7,9-11H2,1-2H3/t13-,15-/m0/s1. The van der Waals surface area contributed by atoms with Crippen molar-refractivity contribution < 1.29 is 19.7 Å². The van der Waals surface area contributed by atoms with Gasteiger partial charge in [-0.05, 0) is 25.0 Å². The number of ether oxygens (including phenoxy) is 2. The number of anilines is 2. The molecule has 1 fully saturated rings. The minimum absolute atomic E-state index is 0.0970. The average Bonchev–Trinajstić information content (AvgIpc) is 3.22. The monoisotopic (exact) mass is 386 g/mol. The first-order valence-corrected chi connectivity index (χ1v) is 9.52. The lowest BCUT2D eigenvalue weighted by Gasteiger charge is -2.35. The summed E-state index contributed by atoms with van der Waals surface area (Å²) in [6.07, 6.45) is 2.83. The van der Waals surface area contributed by atoms with Gasteiger partial charge in [-0.3, -0.25) is 0 Å². The van der Waals surface area contributed by atoms with E-state index < -0.39 is 6.10 Å². The Balaban J connectivity index is 1.66. The molecule has 0 spiro atoms. The fraction of sp³-hybridized carbons (Fsp3) is 0.500. The molecule has 2 N–H and O–H groups in total. The van der Waals surface area contributed by atoms with Gasteiger partial charge in [-0.15, -0.1) is 0 Å². The Labute approximate surface area is 164 Å². The van der Waals surface area contributed by atoms with Gasteiger partial charge in [0.05, 0.1) is 33.4 Å². The average molecular weight is 386 g/mol. The van der Waals surface area contributed by atoms with Crippen molar-refractivity contribution in [3.8, 4) is 11.5 Å². The van der Waals surface area contributed by atoms with Crippen LogP contribution in [0.25, 0.3) is 0 Å². The summed E-state index contributed by atoms with van der Waals surface area (Å²) in [5.74, 6) is 2.92. The smallest absolute Gasteiger partial charge is 0.134 e. The molecule has 2 atom stereocenters. The van der Waals surface area contributed by atoms with Crippen LogP contribution in [0.5, 0.6) is 11.5 Å². The van der Waals surface area contributed by atoms with E-state index in [1.165, 1.54) is 0 Å². The summed E-state index contributed by atoms with van der Waals surface area (Å²) in [6, 6.07) is 5.70. The highest BCUT2D eigenvalue weighted by atomic mass is 16.5. The Hall–Kier alpha value is -2.58. The Morgan fingerprint density at radius 3 is 2.64 bits per heavy atom. The van der Waals surface area contributed by atoms with E-state index in [0.717, 1.165) is 42.1 Å². The number of methoxy groups -OCH3 is 2. The van der Waals surface area contributed by atoms with Gasteiger partial charge in [0, 0.05) is 30.3 Å². The lowest BCUT2D eigenvalue weighted by Crippen LogP contribution is -2.36. The van der Waals surface area contributed by atoms with Gasteiger partial charge in [0.15, 0.2) is 0 Å². The maximum absolute atomic E-state index is 10.8. The minimum Gasteiger partial charge on any atom is -0.496 e. The SMILES string of the molecule is COc1ccc(OC)c2c1CN(c1cc(N3CCC[C@H]3CO)ncn1)C[C@@H]2O. The quantitative estimate of drug-likeness (QED) is 0.799. The summed E-state index contributed by atoms with van der Waals surface area (Å²) in [5.41, 5.74) is 1.67. The summed E-state index contributed by atoms with van der Waals surface area (Å²) >= 11 is 0. The number of rotatable bonds is 5. The van der Waals surface area contributed by atoms with Crippen molar-refractivity contribution in [3.05, 3.63) is 35.7 Å². The molecule has 0 radical (unpaired) electrons. The highest BCUT2D eigenvalue weighted by Crippen LogP contribution is 2.40. The Morgan fingerprint density at radius 2 is 1.89 bits per heavy atom. The molecule has 0 amide bonds. The number of hydrogen-bond acceptors (Lipinski definition) is 8. The normalized spacial score (nSPS) is 21.6. The molecule has 1 aromatic heterocycles. The van der Waals surface area contributed by atoms with Crippen molar-refractivity contribution in [1.29, 1.82) is 0 Å². The summed E-state index contributed by atoms with van der Waals surface area (Å²) in [6.45, 7) is 1.94. The molecule has 8 nitrogen and oxygen atoms in total. The van der Waals surface area contributed by atoms with Gasteiger partial charge in [-0.2, -0.15) is 0 Å². The lowest BCUT2D eigenvalue weighted by atomic mass is 9.95. The van der Waals surface area contributed by atoms with Crippen LogP contribution in [0.15, 0.2) is 24.5 Å². The predicted octanol–water partition coefficient (Wildman–Crippen LogP) is 1.51. The Kier molecular flexibility index (Phi) is 5.23. The van der Waals surface area contributed by atoms with Crippen LogP contribution in [0.3, 0.4) is 0 Å². The van der Waals surface area contributed by atoms with E-state index in [4.69, 9.17) is 9.47 Å². The van der Waals surface area contributed by atoms with Gasteiger partial charge in [0.25, 0.3) is 0 Å². The molecule has 8 heteroatoms. The summed E-state index contributed by atoms with van der Waals surface area (Å²) in [5, 5.41) is 20.4. The zero-order valence-corrected chi connectivity index (χ0v) is 16.2. The number of β-amino-alcohol motifs (C(OH)–C–C–N with tert-alkyl or cyclic N) is 1. The van der Waals surface area contributed by atoms with E-state index in [9.17, 15) is 10.2 Å². The largest absolute Gasteiger partial charge is 0.496 e. The van der Waals surface area contributed by atoms with E-state index in [-0.39, 0.29) is 12.6 Å². The van der Waals surface area contributed by atoms with Crippen molar-refractivity contribution in [3.63, 3.8) is 0 Å². The van der Waals surface area contributed by atoms with Crippen LogP contribution >= 0.6 is 0 Å². The van der Waals surface area contributed by atoms with E-state index in [1.807, 2.05) is 23.1 Å². The third-order valence-electron chi connectivity index (χ3n) is 5.63. The summed E-state index contributed by atoms with van der Waals surface area (Å²) in [4.78, 5) is 13.0. The molecule has 1 saturated heterocycles. The van der Waals surface area contributed by atoms with Crippen LogP contribution in [0.2, 0.25) is 0 Å². The third kappa shape index (κ3) is 3.22. The fourth-order valence-corrected chi connectivity index (χ4v) is 4.25. The fourth-order valence-electron chi connectivity index (χ4n) is 4.25. The number of fused-ring (bicyclic) bond motifs is 1. The number of nitrogens with zero attached hydrogens (tertiary/aromatic N) is 4. The third-order valence-corrected chi connectivity index (χ3v) is 5.63. The molecule has 4 rings (SSSR count). The van der Waals surface area contributed by atoms with Crippen LogP contribution < -0.4 is 19.3 Å². The number of benzene rings is 1. The number of aromatic nitrogens is 2. The molecule has 28 heavy (non-hydrogen) atoms. The minimum atomic E-state index is -0.718. The molecule has 2 aliphatic heterocycles. The second-order valence-electron chi connectivity index (χ2n) is 7.17. The maximum Gasteiger partial charge on any atom is 0.134 e. The molecule has 1 aromatic carbocycles. The van der Waals surface area contributed by atoms with Crippen LogP contribution in [0, 0.1) is 0 Å². The molecule has 0 saturated carbocycles. The molecule has 0 bridgehead atoms. The molecule has 150 valence electrons. The molecule has 2 aromatic rings. The second kappa shape index (κ2) is 7.81. The maximum atomic E-state index is 10.8. The van der Waals surface area contributed by atoms with Crippen LogP contribution in [0.4, 0.5) is 11.6 Å². The lowest BCUT2D eigenvalue weighted by molar-refractivity contribution is 0.169. The van der Waals surface area contributed by atoms with Crippen molar-refractivity contribution in [1.82, 2.24) is 9.97 Å². The molecule has 0 aliphatic carbocycles. The number of aliphatic hydroxyl groups excluding tert-OH is 2. The number of aliphatic hydroxyl groups is 2. The van der Waals surface area contributed by atoms with Gasteiger partial charge >= 0.3 is 0 Å². The Morgan fingerprint density at radius 1 is 1.14 bits per heavy atom. The predicted molar refractivity (Wildman–Crippen MR) is 105 cm³/mol. The van der Waals surface area contributed by atoms with Gasteiger partial charge in [-0.25, -0.2) is 9.97 Å². The van der Waals surface area contributed by atoms with Crippen molar-refractivity contribution in [2.75, 3.05) is 43.7 Å². The molecule has 3 heterocycles. The van der Waals surface area contributed by atoms with E-state index in [1.54, 1.807) is 20.5 Å². The highest BCUT2D eigenvalue weighted by molar-refractivity contribution is 5.57. The summed E-state index contributed by atoms with van der Waals surface area (Å²) < 4.78 is 11.0. The zero-order chi connectivity index (χ0) is 19.7. The van der Waals surface area contributed by atoms with Crippen LogP contribution in [-0.2, 0) is 6.54 Å². The van der Waals surface area contributed by atoms with E-state index in [0.29, 0.717) is 24.6 Å². The van der Waals surface area contributed by atoms with Crippen molar-refractivity contribution in [2.24, 2.45) is 0 Å². The molecule has 0 unspecified atom stereocenters. The van der Waals surface area contributed by atoms with Gasteiger partial charge in [0.2, 0.25) is 0 Å². The first kappa shape index (κ1) is 18.8. The molecular formula is C20H26N4O4. The van der Waals surface area contributed by atoms with Crippen LogP contribution in [-0.4, -0.2) is 60.1 Å². The molecular weight excluding hydrogens is 360 g/mol. The topological polar surface area (TPSA) is 91.2 Å². The van der Waals surface area contributed by atoms with E-state index >= 15 is 0 Å². The first-order valence-electron chi connectivity index (χ1n) is 9.52. The first-order chi connectivity index (χ1) is 13.7. The van der Waals surface area contributed by atoms with Gasteiger partial charge < -0.3 is 29.5 Å². The Bertz CT molecular complexity index is 847. The van der Waals surface area contributed by atoms with Crippen LogP contribution in [0.1, 0.15) is 30.1 Å². The number of hydrogen-bond donors (Lipinski definition) is 2. The van der Waals surface area contributed by atoms with E-state index in [2.05, 4.69) is 14.9 Å². The highest BCUT2D eigenvalue weighted by Gasteiger charge is 2.31. The summed E-state index contributed by atoms with van der Waals surface area (Å²) in [7, 11) is 3.23. The molecule has 2 aliphatic rings. The van der Waals surface area contributed by atoms with Gasteiger partial charge in [-0.1, -0.05) is 0 Å². The van der Waals surface area contributed by atoms with Gasteiger partial charge in [0.1, 0.15) is 35.6 Å². The van der Waals surface area contributed by atoms with Crippen molar-refractivity contribution >= 4 is 11.6 Å². The van der Waals surface area contributed by atoms with Crippen molar-refractivity contribution in [2.45, 2.75) is 31.5 Å². The second-order valence-corrected chi connectivity index (χ2v) is 7.17. The zero-order valence-electron chi connectivity index (χ0n) is 16.2.